The molecule has 0 aliphatic carbocycles. The third-order valence-corrected chi connectivity index (χ3v) is 1.99. The molecule has 1 atom stereocenters. The first-order chi connectivity index (χ1) is 6.48. The minimum Gasteiger partial charge on any atom is -0.495 e. The van der Waals surface area contributed by atoms with Gasteiger partial charge in [0.05, 0.1) is 13.3 Å². The minimum atomic E-state index is -1.44. The first-order valence-corrected chi connectivity index (χ1v) is 4.00. The molecule has 0 spiro atoms. The lowest BCUT2D eigenvalue weighted by Crippen LogP contribution is -2.41. The highest BCUT2D eigenvalue weighted by Gasteiger charge is 2.30. The van der Waals surface area contributed by atoms with Crippen LogP contribution in [0, 0.1) is 0 Å². The highest BCUT2D eigenvalue weighted by molar-refractivity contribution is 5.79. The van der Waals surface area contributed by atoms with Crippen LogP contribution in [-0.2, 0) is 10.3 Å². The molecule has 76 valence electrons. The van der Waals surface area contributed by atoms with E-state index in [1.54, 1.807) is 6.07 Å². The first-order valence-electron chi connectivity index (χ1n) is 4.00. The summed E-state index contributed by atoms with van der Waals surface area (Å²) >= 11 is 0. The van der Waals surface area contributed by atoms with E-state index in [2.05, 4.69) is 4.98 Å². The molecule has 0 unspecified atom stereocenters. The van der Waals surface area contributed by atoms with E-state index in [-0.39, 0.29) is 0 Å². The van der Waals surface area contributed by atoms with Crippen LogP contribution in [0.5, 0.6) is 5.75 Å². The molecule has 0 saturated heterocycles. The maximum Gasteiger partial charge on any atom is 0.328 e. The van der Waals surface area contributed by atoms with Gasteiger partial charge < -0.3 is 15.6 Å². The SMILES string of the molecule is COc1cncc([C@](C)(N)C(=O)O)c1. The van der Waals surface area contributed by atoms with Crippen molar-refractivity contribution in [2.45, 2.75) is 12.5 Å². The number of carbonyl (C=O) groups is 1. The predicted molar refractivity (Wildman–Crippen MR) is 50.0 cm³/mol. The standard InChI is InChI=1S/C9H12N2O3/c1-9(10,8(12)13)6-3-7(14-2)5-11-4-6/h3-5H,10H2,1-2H3,(H,12,13)/t9-/m0/s1. The van der Waals surface area contributed by atoms with Crippen molar-refractivity contribution in [2.24, 2.45) is 5.73 Å². The minimum absolute atomic E-state index is 0.407. The summed E-state index contributed by atoms with van der Waals surface area (Å²) in [7, 11) is 1.48. The number of hydrogen-bond acceptors (Lipinski definition) is 4. The summed E-state index contributed by atoms with van der Waals surface area (Å²) in [6.07, 6.45) is 2.90. The van der Waals surface area contributed by atoms with E-state index in [9.17, 15) is 4.79 Å². The second-order valence-electron chi connectivity index (χ2n) is 3.12. The molecule has 0 aromatic carbocycles. The summed E-state index contributed by atoms with van der Waals surface area (Å²) in [5.74, 6) is -0.618. The van der Waals surface area contributed by atoms with Gasteiger partial charge in [-0.25, -0.2) is 4.79 Å². The lowest BCUT2D eigenvalue weighted by molar-refractivity contribution is -0.143. The fourth-order valence-electron chi connectivity index (χ4n) is 0.938. The van der Waals surface area contributed by atoms with Crippen LogP contribution in [0.15, 0.2) is 18.5 Å². The van der Waals surface area contributed by atoms with Crippen LogP contribution in [0.2, 0.25) is 0 Å². The Morgan fingerprint density at radius 1 is 1.64 bits per heavy atom. The molecule has 3 N–H and O–H groups in total. The van der Waals surface area contributed by atoms with E-state index in [0.717, 1.165) is 0 Å². The smallest absolute Gasteiger partial charge is 0.328 e. The van der Waals surface area contributed by atoms with E-state index in [1.807, 2.05) is 0 Å². The van der Waals surface area contributed by atoms with Crippen molar-refractivity contribution in [3.8, 4) is 5.75 Å². The molecule has 5 heteroatoms. The van der Waals surface area contributed by atoms with E-state index in [1.165, 1.54) is 26.4 Å². The molecule has 1 heterocycles. The fraction of sp³-hybridized carbons (Fsp3) is 0.333. The average Bonchev–Trinajstić information content (AvgIpc) is 2.17. The van der Waals surface area contributed by atoms with Gasteiger partial charge in [-0.2, -0.15) is 0 Å². The molecule has 5 nitrogen and oxygen atoms in total. The maximum atomic E-state index is 10.8. The number of hydrogen-bond donors (Lipinski definition) is 2. The largest absolute Gasteiger partial charge is 0.495 e. The molecule has 1 aromatic rings. The van der Waals surface area contributed by atoms with Gasteiger partial charge in [0, 0.05) is 11.8 Å². The zero-order valence-electron chi connectivity index (χ0n) is 8.02. The Bertz CT molecular complexity index is 350. The van der Waals surface area contributed by atoms with Gasteiger partial charge in [-0.05, 0) is 13.0 Å². The van der Waals surface area contributed by atoms with Gasteiger partial charge in [-0.3, -0.25) is 4.98 Å². The van der Waals surface area contributed by atoms with Crippen LogP contribution in [-0.4, -0.2) is 23.2 Å². The summed E-state index contributed by atoms with van der Waals surface area (Å²) in [5, 5.41) is 8.86. The molecule has 0 fully saturated rings. The number of carboxylic acid groups (broad SMARTS) is 1. The van der Waals surface area contributed by atoms with Crippen molar-refractivity contribution < 1.29 is 14.6 Å². The van der Waals surface area contributed by atoms with Crippen LogP contribution in [0.1, 0.15) is 12.5 Å². The molecule has 0 aliphatic heterocycles. The Labute approximate surface area is 81.5 Å². The number of ether oxygens (including phenoxy) is 1. The zero-order valence-corrected chi connectivity index (χ0v) is 8.02. The van der Waals surface area contributed by atoms with E-state index < -0.39 is 11.5 Å². The van der Waals surface area contributed by atoms with E-state index >= 15 is 0 Å². The van der Waals surface area contributed by atoms with Crippen LogP contribution >= 0.6 is 0 Å². The molecule has 1 aromatic heterocycles. The van der Waals surface area contributed by atoms with Crippen molar-refractivity contribution in [2.75, 3.05) is 7.11 Å². The van der Waals surface area contributed by atoms with Crippen LogP contribution < -0.4 is 10.5 Å². The predicted octanol–water partition coefficient (Wildman–Crippen LogP) is 0.349. The third-order valence-electron chi connectivity index (χ3n) is 1.99. The lowest BCUT2D eigenvalue weighted by atomic mass is 9.95. The first kappa shape index (κ1) is 10.5. The summed E-state index contributed by atoms with van der Waals surface area (Å²) in [6, 6.07) is 1.56. The zero-order chi connectivity index (χ0) is 10.8. The van der Waals surface area contributed by atoms with Gasteiger partial charge in [0.15, 0.2) is 0 Å². The Kier molecular flexibility index (Phi) is 2.71. The van der Waals surface area contributed by atoms with Gasteiger partial charge in [-0.1, -0.05) is 0 Å². The van der Waals surface area contributed by atoms with Gasteiger partial charge in [0.1, 0.15) is 11.3 Å². The fourth-order valence-corrected chi connectivity index (χ4v) is 0.938. The maximum absolute atomic E-state index is 10.8. The summed E-state index contributed by atoms with van der Waals surface area (Å²) < 4.78 is 4.92. The van der Waals surface area contributed by atoms with Crippen LogP contribution in [0.25, 0.3) is 0 Å². The van der Waals surface area contributed by atoms with Gasteiger partial charge in [0.25, 0.3) is 0 Å². The van der Waals surface area contributed by atoms with E-state index in [0.29, 0.717) is 11.3 Å². The highest BCUT2D eigenvalue weighted by Crippen LogP contribution is 2.20. The summed E-state index contributed by atoms with van der Waals surface area (Å²) in [5.41, 5.74) is 4.57. The van der Waals surface area contributed by atoms with Crippen LogP contribution in [0.4, 0.5) is 0 Å². The van der Waals surface area contributed by atoms with Gasteiger partial charge >= 0.3 is 5.97 Å². The second-order valence-corrected chi connectivity index (χ2v) is 3.12. The topological polar surface area (TPSA) is 85.4 Å². The highest BCUT2D eigenvalue weighted by atomic mass is 16.5. The van der Waals surface area contributed by atoms with Crippen LogP contribution in [0.3, 0.4) is 0 Å². The molecule has 0 saturated carbocycles. The normalized spacial score (nSPS) is 14.5. The molecule has 0 radical (unpaired) electrons. The monoisotopic (exact) mass is 196 g/mol. The number of methoxy groups -OCH3 is 1. The Balaban J connectivity index is 3.12. The molecule has 0 amide bonds. The number of rotatable bonds is 3. The lowest BCUT2D eigenvalue weighted by Gasteiger charge is -2.19. The van der Waals surface area contributed by atoms with Gasteiger partial charge in [-0.15, -0.1) is 0 Å². The Hall–Kier alpha value is -1.62. The van der Waals surface area contributed by atoms with Crippen molar-refractivity contribution in [1.82, 2.24) is 4.98 Å². The number of pyridine rings is 1. The number of carboxylic acids is 1. The summed E-state index contributed by atoms with van der Waals surface area (Å²) in [4.78, 5) is 14.7. The number of nitrogens with zero attached hydrogens (tertiary/aromatic N) is 1. The molecular weight excluding hydrogens is 184 g/mol. The molecule has 14 heavy (non-hydrogen) atoms. The Morgan fingerprint density at radius 2 is 2.29 bits per heavy atom. The van der Waals surface area contributed by atoms with Crippen molar-refractivity contribution in [3.63, 3.8) is 0 Å². The average molecular weight is 196 g/mol. The quantitative estimate of drug-likeness (QED) is 0.728. The van der Waals surface area contributed by atoms with Crippen molar-refractivity contribution in [1.29, 1.82) is 0 Å². The van der Waals surface area contributed by atoms with Crippen molar-refractivity contribution in [3.05, 3.63) is 24.0 Å². The third kappa shape index (κ3) is 1.82. The van der Waals surface area contributed by atoms with Crippen molar-refractivity contribution >= 4 is 5.97 Å². The number of nitrogens with two attached hydrogens (primary N) is 1. The Morgan fingerprint density at radius 3 is 2.79 bits per heavy atom. The number of aliphatic carboxylic acids is 1. The molecule has 1 rings (SSSR count). The van der Waals surface area contributed by atoms with Gasteiger partial charge in [0.2, 0.25) is 0 Å². The second kappa shape index (κ2) is 3.63. The molecular formula is C9H12N2O3. The molecule has 0 aliphatic rings. The molecule has 0 bridgehead atoms. The summed E-state index contributed by atoms with van der Waals surface area (Å²) in [6.45, 7) is 1.41. The van der Waals surface area contributed by atoms with E-state index in [4.69, 9.17) is 15.6 Å². The number of aromatic nitrogens is 1.